The molecule has 1 aromatic rings. The summed E-state index contributed by atoms with van der Waals surface area (Å²) in [5.74, 6) is -0.791. The van der Waals surface area contributed by atoms with Crippen LogP contribution in [-0.4, -0.2) is 47.6 Å². The van der Waals surface area contributed by atoms with Crippen LogP contribution in [-0.2, 0) is 9.59 Å². The zero-order chi connectivity index (χ0) is 14.0. The van der Waals surface area contributed by atoms with E-state index in [2.05, 4.69) is 5.32 Å². The molecule has 1 heterocycles. The minimum atomic E-state index is -1.04. The summed E-state index contributed by atoms with van der Waals surface area (Å²) < 4.78 is 5.60. The second-order valence-electron chi connectivity index (χ2n) is 4.45. The van der Waals surface area contributed by atoms with Crippen LogP contribution in [0.5, 0.6) is 5.75 Å². The van der Waals surface area contributed by atoms with Crippen LogP contribution in [0, 0.1) is 0 Å². The maximum Gasteiger partial charge on any atom is 0.326 e. The predicted molar refractivity (Wildman–Crippen MR) is 69.2 cm³/mol. The topological polar surface area (TPSA) is 78.9 Å². The van der Waals surface area contributed by atoms with Gasteiger partial charge in [0.05, 0.1) is 12.2 Å². The lowest BCUT2D eigenvalue weighted by molar-refractivity contribution is -0.151. The van der Waals surface area contributed by atoms with Gasteiger partial charge in [-0.2, -0.15) is 0 Å². The standard InChI is InChI=1S/C13H16N2O4/c1-8(13(17)18)15(2)12(16)11-7-14-9-5-3-4-6-10(9)19-11/h3-6,8,11,14H,7H2,1-2H3,(H,17,18). The van der Waals surface area contributed by atoms with Crippen molar-refractivity contribution >= 4 is 17.6 Å². The smallest absolute Gasteiger partial charge is 0.326 e. The van der Waals surface area contributed by atoms with Crippen LogP contribution in [0.15, 0.2) is 24.3 Å². The summed E-state index contributed by atoms with van der Waals surface area (Å²) in [5.41, 5.74) is 0.834. The number of nitrogens with one attached hydrogen (secondary N) is 1. The maximum absolute atomic E-state index is 12.2. The molecule has 0 saturated carbocycles. The number of carbonyl (C=O) groups excluding carboxylic acids is 1. The van der Waals surface area contributed by atoms with Gasteiger partial charge >= 0.3 is 5.97 Å². The van der Waals surface area contributed by atoms with Crippen LogP contribution in [0.3, 0.4) is 0 Å². The number of para-hydroxylation sites is 2. The molecule has 19 heavy (non-hydrogen) atoms. The molecule has 0 bridgehead atoms. The van der Waals surface area contributed by atoms with Crippen LogP contribution < -0.4 is 10.1 Å². The van der Waals surface area contributed by atoms with Gasteiger partial charge in [0, 0.05) is 7.05 Å². The van der Waals surface area contributed by atoms with Crippen molar-refractivity contribution in [2.75, 3.05) is 18.9 Å². The van der Waals surface area contributed by atoms with Crippen LogP contribution in [0.2, 0.25) is 0 Å². The Morgan fingerprint density at radius 2 is 2.16 bits per heavy atom. The van der Waals surface area contributed by atoms with E-state index in [9.17, 15) is 9.59 Å². The van der Waals surface area contributed by atoms with Crippen LogP contribution in [0.4, 0.5) is 5.69 Å². The summed E-state index contributed by atoms with van der Waals surface area (Å²) in [6.07, 6.45) is -0.707. The van der Waals surface area contributed by atoms with Gasteiger partial charge in [-0.3, -0.25) is 4.79 Å². The Hall–Kier alpha value is -2.24. The fourth-order valence-electron chi connectivity index (χ4n) is 1.83. The number of carboxylic acids is 1. The fraction of sp³-hybridized carbons (Fsp3) is 0.385. The Labute approximate surface area is 111 Å². The predicted octanol–water partition coefficient (Wildman–Crippen LogP) is 0.791. The summed E-state index contributed by atoms with van der Waals surface area (Å²) >= 11 is 0. The molecule has 1 aliphatic heterocycles. The van der Waals surface area contributed by atoms with E-state index in [1.807, 2.05) is 18.2 Å². The van der Waals surface area contributed by atoms with E-state index in [1.54, 1.807) is 6.07 Å². The third kappa shape index (κ3) is 2.62. The van der Waals surface area contributed by atoms with Crippen molar-refractivity contribution < 1.29 is 19.4 Å². The summed E-state index contributed by atoms with van der Waals surface area (Å²) in [5, 5.41) is 12.0. The maximum atomic E-state index is 12.2. The molecular weight excluding hydrogens is 248 g/mol. The highest BCUT2D eigenvalue weighted by Crippen LogP contribution is 2.28. The zero-order valence-corrected chi connectivity index (χ0v) is 10.8. The molecule has 1 aliphatic rings. The van der Waals surface area contributed by atoms with E-state index in [0.29, 0.717) is 12.3 Å². The molecule has 6 heteroatoms. The summed E-state index contributed by atoms with van der Waals surface area (Å²) in [6.45, 7) is 1.79. The molecule has 2 atom stereocenters. The highest BCUT2D eigenvalue weighted by atomic mass is 16.5. The van der Waals surface area contributed by atoms with Gasteiger partial charge in [-0.05, 0) is 19.1 Å². The number of ether oxygens (including phenoxy) is 1. The number of likely N-dealkylation sites (N-methyl/N-ethyl adjacent to an activating group) is 1. The number of carboxylic acid groups (broad SMARTS) is 1. The van der Waals surface area contributed by atoms with Crippen molar-refractivity contribution in [2.45, 2.75) is 19.1 Å². The van der Waals surface area contributed by atoms with Crippen molar-refractivity contribution in [3.05, 3.63) is 24.3 Å². The van der Waals surface area contributed by atoms with Crippen molar-refractivity contribution in [1.82, 2.24) is 4.90 Å². The Morgan fingerprint density at radius 1 is 1.47 bits per heavy atom. The molecule has 1 aromatic carbocycles. The Kier molecular flexibility index (Phi) is 3.59. The van der Waals surface area contributed by atoms with E-state index in [4.69, 9.17) is 9.84 Å². The third-order valence-electron chi connectivity index (χ3n) is 3.20. The summed E-state index contributed by atoms with van der Waals surface area (Å²) in [7, 11) is 1.46. The number of anilines is 1. The fourth-order valence-corrected chi connectivity index (χ4v) is 1.83. The number of amides is 1. The quantitative estimate of drug-likeness (QED) is 0.844. The SMILES string of the molecule is CC(C(=O)O)N(C)C(=O)C1CNc2ccccc2O1. The van der Waals surface area contributed by atoms with E-state index in [-0.39, 0.29) is 5.91 Å². The van der Waals surface area contributed by atoms with Gasteiger partial charge in [-0.25, -0.2) is 4.79 Å². The van der Waals surface area contributed by atoms with Gasteiger partial charge in [0.1, 0.15) is 11.8 Å². The zero-order valence-electron chi connectivity index (χ0n) is 10.8. The number of hydrogen-bond donors (Lipinski definition) is 2. The molecule has 102 valence electrons. The molecule has 1 amide bonds. The largest absolute Gasteiger partial charge is 0.480 e. The summed E-state index contributed by atoms with van der Waals surface area (Å²) in [6, 6.07) is 6.43. The number of carbonyl (C=O) groups is 2. The summed E-state index contributed by atoms with van der Waals surface area (Å²) in [4.78, 5) is 24.2. The second kappa shape index (κ2) is 5.17. The number of nitrogens with zero attached hydrogens (tertiary/aromatic N) is 1. The highest BCUT2D eigenvalue weighted by molar-refractivity contribution is 5.87. The van der Waals surface area contributed by atoms with Gasteiger partial charge in [-0.1, -0.05) is 12.1 Å². The normalized spacial score (nSPS) is 18.5. The van der Waals surface area contributed by atoms with E-state index in [0.717, 1.165) is 5.69 Å². The lowest BCUT2D eigenvalue weighted by Crippen LogP contribution is -2.50. The molecule has 0 aliphatic carbocycles. The molecule has 0 spiro atoms. The average molecular weight is 264 g/mol. The van der Waals surface area contributed by atoms with Gasteiger partial charge in [0.25, 0.3) is 5.91 Å². The minimum absolute atomic E-state index is 0.326. The van der Waals surface area contributed by atoms with Gasteiger partial charge in [0.2, 0.25) is 0 Å². The number of hydrogen-bond acceptors (Lipinski definition) is 4. The first-order valence-corrected chi connectivity index (χ1v) is 5.99. The second-order valence-corrected chi connectivity index (χ2v) is 4.45. The number of aliphatic carboxylic acids is 1. The first-order chi connectivity index (χ1) is 9.00. The molecule has 2 unspecified atom stereocenters. The number of rotatable bonds is 3. The van der Waals surface area contributed by atoms with Gasteiger partial charge in [-0.15, -0.1) is 0 Å². The van der Waals surface area contributed by atoms with Crippen molar-refractivity contribution in [2.24, 2.45) is 0 Å². The molecule has 2 rings (SSSR count). The third-order valence-corrected chi connectivity index (χ3v) is 3.20. The Balaban J connectivity index is 2.08. The Morgan fingerprint density at radius 3 is 2.84 bits per heavy atom. The van der Waals surface area contributed by atoms with Crippen LogP contribution in [0.1, 0.15) is 6.92 Å². The average Bonchev–Trinajstić information content (AvgIpc) is 2.44. The van der Waals surface area contributed by atoms with Crippen LogP contribution in [0.25, 0.3) is 0 Å². The molecule has 0 aromatic heterocycles. The molecule has 2 N–H and O–H groups in total. The van der Waals surface area contributed by atoms with E-state index in [1.165, 1.54) is 18.9 Å². The first-order valence-electron chi connectivity index (χ1n) is 5.99. The van der Waals surface area contributed by atoms with Crippen LogP contribution >= 0.6 is 0 Å². The first kappa shape index (κ1) is 13.2. The lowest BCUT2D eigenvalue weighted by Gasteiger charge is -2.31. The minimum Gasteiger partial charge on any atom is -0.480 e. The van der Waals surface area contributed by atoms with Crippen molar-refractivity contribution in [3.8, 4) is 5.75 Å². The van der Waals surface area contributed by atoms with Gasteiger partial charge in [0.15, 0.2) is 6.10 Å². The van der Waals surface area contributed by atoms with Crippen molar-refractivity contribution in [1.29, 1.82) is 0 Å². The Bertz CT molecular complexity index is 503. The molecule has 0 saturated heterocycles. The van der Waals surface area contributed by atoms with E-state index >= 15 is 0 Å². The lowest BCUT2D eigenvalue weighted by atomic mass is 10.2. The molecule has 6 nitrogen and oxygen atoms in total. The number of fused-ring (bicyclic) bond motifs is 1. The van der Waals surface area contributed by atoms with E-state index < -0.39 is 18.1 Å². The highest BCUT2D eigenvalue weighted by Gasteiger charge is 2.31. The molecular formula is C13H16N2O4. The van der Waals surface area contributed by atoms with Crippen molar-refractivity contribution in [3.63, 3.8) is 0 Å². The molecule has 0 fully saturated rings. The monoisotopic (exact) mass is 264 g/mol. The number of benzene rings is 1. The van der Waals surface area contributed by atoms with Gasteiger partial charge < -0.3 is 20.1 Å². The molecule has 0 radical (unpaired) electrons.